The Balaban J connectivity index is 1.21. The summed E-state index contributed by atoms with van der Waals surface area (Å²) in [6, 6.07) is 69.2. The standard InChI is InChI=1S/C51H37N/c1-51(2)47-28-12-10-25-43(47)44-31-30-37(33-48(44)51)52(49-29-13-11-20-38(49)34-16-4-3-5-17-34)36-19-14-18-35(32-36)50-45-26-15-27-46(50)42-24-9-7-22-40(42)39-21-6-8-23-41(39)45/h3-33H,1-2H3. The topological polar surface area (TPSA) is 3.24 Å². The number of hydrogen-bond acceptors (Lipinski definition) is 1. The molecule has 0 amide bonds. The van der Waals surface area contributed by atoms with Crippen LogP contribution < -0.4 is 4.90 Å². The summed E-state index contributed by atoms with van der Waals surface area (Å²) in [5.41, 5.74) is 21.2. The molecule has 0 aromatic heterocycles. The minimum atomic E-state index is -0.113. The second-order valence-corrected chi connectivity index (χ2v) is 14.5. The fourth-order valence-corrected chi connectivity index (χ4v) is 8.81. The van der Waals surface area contributed by atoms with E-state index in [4.69, 9.17) is 0 Å². The molecule has 0 heterocycles. The van der Waals surface area contributed by atoms with Crippen molar-refractivity contribution in [3.05, 3.63) is 199 Å². The van der Waals surface area contributed by atoms with E-state index in [1.54, 1.807) is 0 Å². The molecule has 0 saturated heterocycles. The van der Waals surface area contributed by atoms with Crippen molar-refractivity contribution in [3.63, 3.8) is 0 Å². The molecule has 0 saturated carbocycles. The van der Waals surface area contributed by atoms with Gasteiger partial charge in [0.1, 0.15) is 0 Å². The molecule has 2 aliphatic carbocycles. The van der Waals surface area contributed by atoms with Crippen molar-refractivity contribution >= 4 is 17.1 Å². The van der Waals surface area contributed by atoms with Crippen LogP contribution >= 0.6 is 0 Å². The van der Waals surface area contributed by atoms with Crippen LogP contribution in [0.15, 0.2) is 188 Å². The molecule has 0 aliphatic heterocycles. The second-order valence-electron chi connectivity index (χ2n) is 14.5. The molecule has 2 bridgehead atoms. The Morgan fingerprint density at radius 3 is 1.50 bits per heavy atom. The van der Waals surface area contributed by atoms with Gasteiger partial charge in [-0.25, -0.2) is 0 Å². The van der Waals surface area contributed by atoms with Gasteiger partial charge in [-0.2, -0.15) is 0 Å². The van der Waals surface area contributed by atoms with E-state index in [9.17, 15) is 0 Å². The van der Waals surface area contributed by atoms with Crippen molar-refractivity contribution < 1.29 is 0 Å². The maximum atomic E-state index is 2.47. The van der Waals surface area contributed by atoms with Crippen LogP contribution in [-0.4, -0.2) is 0 Å². The number of anilines is 3. The maximum Gasteiger partial charge on any atom is 0.0540 e. The minimum Gasteiger partial charge on any atom is -0.310 e. The van der Waals surface area contributed by atoms with Crippen molar-refractivity contribution in [3.8, 4) is 66.8 Å². The zero-order chi connectivity index (χ0) is 34.8. The van der Waals surface area contributed by atoms with Crippen LogP contribution in [0.25, 0.3) is 66.8 Å². The number of para-hydroxylation sites is 1. The van der Waals surface area contributed by atoms with Crippen molar-refractivity contribution in [2.75, 3.05) is 4.90 Å². The molecule has 2 aliphatic rings. The largest absolute Gasteiger partial charge is 0.310 e. The molecular formula is C51H37N. The van der Waals surface area contributed by atoms with Gasteiger partial charge in [0.05, 0.1) is 5.69 Å². The lowest BCUT2D eigenvalue weighted by Gasteiger charge is -2.30. The molecule has 0 radical (unpaired) electrons. The predicted octanol–water partition coefficient (Wildman–Crippen LogP) is 14.1. The van der Waals surface area contributed by atoms with Gasteiger partial charge in [0.2, 0.25) is 0 Å². The molecule has 1 heteroatoms. The molecule has 0 N–H and O–H groups in total. The Labute approximate surface area is 306 Å². The van der Waals surface area contributed by atoms with Gasteiger partial charge in [-0.3, -0.25) is 0 Å². The highest BCUT2D eigenvalue weighted by atomic mass is 15.1. The van der Waals surface area contributed by atoms with Crippen molar-refractivity contribution in [1.29, 1.82) is 0 Å². The molecule has 246 valence electrons. The third kappa shape index (κ3) is 4.63. The van der Waals surface area contributed by atoms with Crippen molar-refractivity contribution in [2.45, 2.75) is 19.3 Å². The van der Waals surface area contributed by atoms with Gasteiger partial charge >= 0.3 is 0 Å². The van der Waals surface area contributed by atoms with E-state index in [1.807, 2.05) is 0 Å². The molecule has 8 aromatic carbocycles. The first kappa shape index (κ1) is 30.4. The summed E-state index contributed by atoms with van der Waals surface area (Å²) in [5, 5.41) is 0. The van der Waals surface area contributed by atoms with Crippen LogP contribution in [-0.2, 0) is 5.41 Å². The van der Waals surface area contributed by atoms with Gasteiger partial charge in [0.25, 0.3) is 0 Å². The second kappa shape index (κ2) is 11.8. The van der Waals surface area contributed by atoms with Crippen LogP contribution in [0.3, 0.4) is 0 Å². The molecule has 0 atom stereocenters. The van der Waals surface area contributed by atoms with Gasteiger partial charge in [-0.15, -0.1) is 0 Å². The molecule has 10 rings (SSSR count). The maximum absolute atomic E-state index is 2.47. The van der Waals surface area contributed by atoms with E-state index in [1.165, 1.54) is 77.9 Å². The molecule has 52 heavy (non-hydrogen) atoms. The highest BCUT2D eigenvalue weighted by Gasteiger charge is 2.36. The number of rotatable bonds is 5. The predicted molar refractivity (Wildman–Crippen MR) is 219 cm³/mol. The fraction of sp³-hybridized carbons (Fsp3) is 0.0588. The SMILES string of the molecule is CC1(C)c2ccccc2-c2ccc(N(c3cccc(-c4c5cccc4-c4ccccc4-c4ccccc4-5)c3)c3ccccc3-c3ccccc3)cc21. The molecule has 8 aromatic rings. The first-order valence-electron chi connectivity index (χ1n) is 18.2. The summed E-state index contributed by atoms with van der Waals surface area (Å²) < 4.78 is 0. The summed E-state index contributed by atoms with van der Waals surface area (Å²) in [6.45, 7) is 4.72. The molecule has 1 nitrogen and oxygen atoms in total. The third-order valence-corrected chi connectivity index (χ3v) is 11.2. The van der Waals surface area contributed by atoms with Gasteiger partial charge in [-0.05, 0) is 103 Å². The van der Waals surface area contributed by atoms with Crippen molar-refractivity contribution in [1.82, 2.24) is 0 Å². The van der Waals surface area contributed by atoms with Gasteiger partial charge in [-0.1, -0.05) is 172 Å². The van der Waals surface area contributed by atoms with E-state index >= 15 is 0 Å². The van der Waals surface area contributed by atoms with Crippen LogP contribution in [0.2, 0.25) is 0 Å². The third-order valence-electron chi connectivity index (χ3n) is 11.2. The van der Waals surface area contributed by atoms with Crippen LogP contribution in [0.4, 0.5) is 17.1 Å². The zero-order valence-corrected chi connectivity index (χ0v) is 29.3. The summed E-state index contributed by atoms with van der Waals surface area (Å²) in [7, 11) is 0. The van der Waals surface area contributed by atoms with E-state index in [-0.39, 0.29) is 5.41 Å². The van der Waals surface area contributed by atoms with Gasteiger partial charge < -0.3 is 4.90 Å². The minimum absolute atomic E-state index is 0.113. The zero-order valence-electron chi connectivity index (χ0n) is 29.3. The van der Waals surface area contributed by atoms with E-state index < -0.39 is 0 Å². The first-order chi connectivity index (χ1) is 25.6. The van der Waals surface area contributed by atoms with E-state index in [0.29, 0.717) is 0 Å². The van der Waals surface area contributed by atoms with Crippen LogP contribution in [0, 0.1) is 0 Å². The molecule has 0 spiro atoms. The van der Waals surface area contributed by atoms with Crippen LogP contribution in [0.5, 0.6) is 0 Å². The fourth-order valence-electron chi connectivity index (χ4n) is 8.81. The highest BCUT2D eigenvalue weighted by Crippen LogP contribution is 2.53. The Morgan fingerprint density at radius 2 is 0.808 bits per heavy atom. The van der Waals surface area contributed by atoms with Crippen LogP contribution in [0.1, 0.15) is 25.0 Å². The average molecular weight is 664 g/mol. The Kier molecular flexibility index (Phi) is 6.91. The molecular weight excluding hydrogens is 627 g/mol. The van der Waals surface area contributed by atoms with Gasteiger partial charge in [0, 0.05) is 22.4 Å². The number of benzene rings is 8. The summed E-state index contributed by atoms with van der Waals surface area (Å²) in [6.07, 6.45) is 0. The Bertz CT molecular complexity index is 2600. The number of nitrogens with zero attached hydrogens (tertiary/aromatic N) is 1. The number of hydrogen-bond donors (Lipinski definition) is 0. The normalized spacial score (nSPS) is 13.0. The lowest BCUT2D eigenvalue weighted by Crippen LogP contribution is -2.17. The Hall–Kier alpha value is -6.44. The van der Waals surface area contributed by atoms with E-state index in [2.05, 4.69) is 207 Å². The summed E-state index contributed by atoms with van der Waals surface area (Å²) >= 11 is 0. The van der Waals surface area contributed by atoms with Gasteiger partial charge in [0.15, 0.2) is 0 Å². The monoisotopic (exact) mass is 663 g/mol. The van der Waals surface area contributed by atoms with E-state index in [0.717, 1.165) is 17.1 Å². The summed E-state index contributed by atoms with van der Waals surface area (Å²) in [5.74, 6) is 0. The average Bonchev–Trinajstić information content (AvgIpc) is 3.40. The smallest absolute Gasteiger partial charge is 0.0540 e. The summed E-state index contributed by atoms with van der Waals surface area (Å²) in [4.78, 5) is 2.47. The molecule has 0 fully saturated rings. The molecule has 0 unspecified atom stereocenters. The Morgan fingerprint density at radius 1 is 0.327 bits per heavy atom. The lowest BCUT2D eigenvalue weighted by atomic mass is 9.82. The number of fused-ring (bicyclic) bond motifs is 10. The first-order valence-corrected chi connectivity index (χ1v) is 18.2. The quantitative estimate of drug-likeness (QED) is 0.177. The lowest BCUT2D eigenvalue weighted by molar-refractivity contribution is 0.660. The highest BCUT2D eigenvalue weighted by molar-refractivity contribution is 6.06. The van der Waals surface area contributed by atoms with Crippen molar-refractivity contribution in [2.24, 2.45) is 0 Å².